The van der Waals surface area contributed by atoms with Crippen LogP contribution in [0, 0.1) is 12.7 Å². The van der Waals surface area contributed by atoms with Crippen LogP contribution in [0.4, 0.5) is 10.1 Å². The molecule has 0 spiro atoms. The summed E-state index contributed by atoms with van der Waals surface area (Å²) in [5, 5.41) is 7.53. The third kappa shape index (κ3) is 3.64. The number of nitrogens with one attached hydrogen (secondary N) is 1. The minimum atomic E-state index is -0.433. The molecule has 3 rings (SSSR count). The quantitative estimate of drug-likeness (QED) is 0.758. The van der Waals surface area contributed by atoms with E-state index in [0.29, 0.717) is 22.1 Å². The van der Waals surface area contributed by atoms with Crippen LogP contribution in [0.25, 0.3) is 5.69 Å². The molecule has 3 aromatic rings. The van der Waals surface area contributed by atoms with Crippen molar-refractivity contribution in [3.63, 3.8) is 0 Å². The molecule has 25 heavy (non-hydrogen) atoms. The number of anilines is 1. The Morgan fingerprint density at radius 3 is 2.60 bits per heavy atom. The van der Waals surface area contributed by atoms with Crippen molar-refractivity contribution in [3.8, 4) is 11.4 Å². The molecule has 1 heterocycles. The molecule has 1 aromatic heterocycles. The number of nitrogens with zero attached hydrogens (tertiary/aromatic N) is 2. The van der Waals surface area contributed by atoms with Gasteiger partial charge in [-0.25, -0.2) is 9.07 Å². The van der Waals surface area contributed by atoms with Gasteiger partial charge >= 0.3 is 0 Å². The molecule has 7 heteroatoms. The first kappa shape index (κ1) is 17.0. The van der Waals surface area contributed by atoms with Gasteiger partial charge in [0.2, 0.25) is 0 Å². The smallest absolute Gasteiger partial charge is 0.280 e. The van der Waals surface area contributed by atoms with Gasteiger partial charge in [0.1, 0.15) is 5.82 Å². The maximum Gasteiger partial charge on any atom is 0.280 e. The zero-order valence-corrected chi connectivity index (χ0v) is 14.3. The van der Waals surface area contributed by atoms with Gasteiger partial charge in [0.15, 0.2) is 11.4 Å². The maximum atomic E-state index is 13.1. The number of ether oxygens (including phenoxy) is 1. The highest BCUT2D eigenvalue weighted by Crippen LogP contribution is 2.23. The summed E-state index contributed by atoms with van der Waals surface area (Å²) in [6.45, 7) is 1.88. The lowest BCUT2D eigenvalue weighted by atomic mass is 10.2. The standard InChI is InChI=1S/C18H15ClFN3O2/c1-11-3-6-13(9-15(11)19)21-18(24)17-16(25-2)10-23(22-17)14-7-4-12(20)5-8-14/h3-10H,1-2H3,(H,21,24). The minimum absolute atomic E-state index is 0.114. The largest absolute Gasteiger partial charge is 0.493 e. The van der Waals surface area contributed by atoms with E-state index in [1.165, 1.54) is 23.9 Å². The molecule has 0 aliphatic heterocycles. The highest BCUT2D eigenvalue weighted by atomic mass is 35.5. The van der Waals surface area contributed by atoms with Crippen molar-refractivity contribution in [3.05, 3.63) is 70.8 Å². The van der Waals surface area contributed by atoms with Gasteiger partial charge in [-0.05, 0) is 48.9 Å². The van der Waals surface area contributed by atoms with Gasteiger partial charge in [0.05, 0.1) is 19.0 Å². The normalized spacial score (nSPS) is 10.6. The van der Waals surface area contributed by atoms with Crippen molar-refractivity contribution in [1.29, 1.82) is 0 Å². The summed E-state index contributed by atoms with van der Waals surface area (Å²) in [5.41, 5.74) is 2.19. The molecule has 0 radical (unpaired) electrons. The van der Waals surface area contributed by atoms with Gasteiger partial charge in [0, 0.05) is 10.7 Å². The summed E-state index contributed by atoms with van der Waals surface area (Å²) in [6, 6.07) is 11.0. The van der Waals surface area contributed by atoms with Gasteiger partial charge in [0.25, 0.3) is 5.91 Å². The number of aromatic nitrogens is 2. The average Bonchev–Trinajstić information content (AvgIpc) is 3.03. The van der Waals surface area contributed by atoms with E-state index in [4.69, 9.17) is 16.3 Å². The summed E-state index contributed by atoms with van der Waals surface area (Å²) in [6.07, 6.45) is 1.56. The SMILES string of the molecule is COc1cn(-c2ccc(F)cc2)nc1C(=O)Nc1ccc(C)c(Cl)c1. The Bertz CT molecular complexity index is 923. The topological polar surface area (TPSA) is 56.2 Å². The van der Waals surface area contributed by atoms with E-state index < -0.39 is 5.91 Å². The Kier molecular flexibility index (Phi) is 4.72. The third-order valence-electron chi connectivity index (χ3n) is 3.64. The van der Waals surface area contributed by atoms with Crippen LogP contribution in [0.1, 0.15) is 16.1 Å². The molecular weight excluding hydrogens is 345 g/mol. The van der Waals surface area contributed by atoms with Crippen molar-refractivity contribution in [2.75, 3.05) is 12.4 Å². The molecule has 0 saturated carbocycles. The minimum Gasteiger partial charge on any atom is -0.493 e. The first-order valence-corrected chi connectivity index (χ1v) is 7.83. The molecule has 2 aromatic carbocycles. The lowest BCUT2D eigenvalue weighted by molar-refractivity contribution is 0.101. The molecule has 0 aliphatic rings. The Labute approximate surface area is 149 Å². The second-order valence-corrected chi connectivity index (χ2v) is 5.79. The van der Waals surface area contributed by atoms with E-state index in [1.54, 1.807) is 30.5 Å². The number of rotatable bonds is 4. The highest BCUT2D eigenvalue weighted by molar-refractivity contribution is 6.31. The lowest BCUT2D eigenvalue weighted by Gasteiger charge is -2.06. The van der Waals surface area contributed by atoms with Gasteiger partial charge in [-0.3, -0.25) is 4.79 Å². The Hall–Kier alpha value is -2.86. The molecule has 5 nitrogen and oxygen atoms in total. The number of methoxy groups -OCH3 is 1. The van der Waals surface area contributed by atoms with Crippen molar-refractivity contribution >= 4 is 23.2 Å². The predicted octanol–water partition coefficient (Wildman–Crippen LogP) is 4.23. The number of amides is 1. The van der Waals surface area contributed by atoms with Crippen LogP contribution >= 0.6 is 11.6 Å². The van der Waals surface area contributed by atoms with Crippen molar-refractivity contribution in [2.45, 2.75) is 6.92 Å². The Morgan fingerprint density at radius 1 is 1.24 bits per heavy atom. The summed E-state index contributed by atoms with van der Waals surface area (Å²) >= 11 is 6.07. The molecule has 128 valence electrons. The number of carbonyl (C=O) groups is 1. The molecular formula is C18H15ClFN3O2. The number of halogens is 2. The number of benzene rings is 2. The van der Waals surface area contributed by atoms with Crippen LogP contribution in [0.3, 0.4) is 0 Å². The van der Waals surface area contributed by atoms with Crippen LogP contribution in [0.15, 0.2) is 48.7 Å². The zero-order chi connectivity index (χ0) is 18.0. The Morgan fingerprint density at radius 2 is 1.96 bits per heavy atom. The number of carbonyl (C=O) groups excluding carboxylic acids is 1. The van der Waals surface area contributed by atoms with Gasteiger partial charge in [-0.15, -0.1) is 0 Å². The van der Waals surface area contributed by atoms with Crippen LogP contribution in [-0.4, -0.2) is 22.8 Å². The fourth-order valence-electron chi connectivity index (χ4n) is 2.25. The van der Waals surface area contributed by atoms with E-state index in [-0.39, 0.29) is 11.5 Å². The number of hydrogen-bond donors (Lipinski definition) is 1. The maximum absolute atomic E-state index is 13.1. The van der Waals surface area contributed by atoms with Gasteiger partial charge in [-0.2, -0.15) is 5.10 Å². The summed E-state index contributed by atoms with van der Waals surface area (Å²) in [4.78, 5) is 12.5. The molecule has 0 bridgehead atoms. The first-order valence-electron chi connectivity index (χ1n) is 7.45. The van der Waals surface area contributed by atoms with Crippen LogP contribution in [0.5, 0.6) is 5.75 Å². The summed E-state index contributed by atoms with van der Waals surface area (Å²) in [7, 11) is 1.45. The second kappa shape index (κ2) is 6.94. The van der Waals surface area contributed by atoms with Crippen molar-refractivity contribution in [2.24, 2.45) is 0 Å². The van der Waals surface area contributed by atoms with Crippen LogP contribution in [-0.2, 0) is 0 Å². The number of hydrogen-bond acceptors (Lipinski definition) is 3. The molecule has 0 atom stereocenters. The zero-order valence-electron chi connectivity index (χ0n) is 13.6. The molecule has 0 aliphatic carbocycles. The Balaban J connectivity index is 1.89. The third-order valence-corrected chi connectivity index (χ3v) is 4.04. The molecule has 0 unspecified atom stereocenters. The summed E-state index contributed by atoms with van der Waals surface area (Å²) < 4.78 is 19.7. The van der Waals surface area contributed by atoms with Crippen LogP contribution in [0.2, 0.25) is 5.02 Å². The fraction of sp³-hybridized carbons (Fsp3) is 0.111. The predicted molar refractivity (Wildman–Crippen MR) is 94.2 cm³/mol. The van der Waals surface area contributed by atoms with E-state index in [2.05, 4.69) is 10.4 Å². The fourth-order valence-corrected chi connectivity index (χ4v) is 2.43. The van der Waals surface area contributed by atoms with E-state index >= 15 is 0 Å². The van der Waals surface area contributed by atoms with E-state index in [0.717, 1.165) is 5.56 Å². The first-order chi connectivity index (χ1) is 12.0. The van der Waals surface area contributed by atoms with E-state index in [9.17, 15) is 9.18 Å². The monoisotopic (exact) mass is 359 g/mol. The van der Waals surface area contributed by atoms with Crippen LogP contribution < -0.4 is 10.1 Å². The lowest BCUT2D eigenvalue weighted by Crippen LogP contribution is -2.14. The molecule has 1 N–H and O–H groups in total. The molecule has 0 saturated heterocycles. The number of aryl methyl sites for hydroxylation is 1. The average molecular weight is 360 g/mol. The van der Waals surface area contributed by atoms with Crippen molar-refractivity contribution in [1.82, 2.24) is 9.78 Å². The highest BCUT2D eigenvalue weighted by Gasteiger charge is 2.19. The van der Waals surface area contributed by atoms with Gasteiger partial charge < -0.3 is 10.1 Å². The molecule has 0 fully saturated rings. The van der Waals surface area contributed by atoms with Crippen molar-refractivity contribution < 1.29 is 13.9 Å². The molecule has 1 amide bonds. The second-order valence-electron chi connectivity index (χ2n) is 5.39. The summed E-state index contributed by atoms with van der Waals surface area (Å²) in [5.74, 6) is -0.477. The van der Waals surface area contributed by atoms with E-state index in [1.807, 2.05) is 13.0 Å². The van der Waals surface area contributed by atoms with Gasteiger partial charge in [-0.1, -0.05) is 17.7 Å².